The Balaban J connectivity index is 1.79. The molecule has 4 aromatic rings. The van der Waals surface area contributed by atoms with Gasteiger partial charge >= 0.3 is 6.18 Å². The molecule has 34 heavy (non-hydrogen) atoms. The van der Waals surface area contributed by atoms with Gasteiger partial charge in [-0.1, -0.05) is 42.5 Å². The van der Waals surface area contributed by atoms with Crippen LogP contribution in [0.3, 0.4) is 0 Å². The minimum Gasteiger partial charge on any atom is -0.488 e. The van der Waals surface area contributed by atoms with E-state index in [2.05, 4.69) is 0 Å². The van der Waals surface area contributed by atoms with Gasteiger partial charge in [-0.05, 0) is 52.9 Å². The summed E-state index contributed by atoms with van der Waals surface area (Å²) in [5.41, 5.74) is 9.30. The Morgan fingerprint density at radius 3 is 2.47 bits per heavy atom. The minimum atomic E-state index is -4.91. The zero-order valence-electron chi connectivity index (χ0n) is 18.2. The van der Waals surface area contributed by atoms with Crippen LogP contribution in [0.4, 0.5) is 13.2 Å². The molecule has 5 nitrogen and oxygen atoms in total. The molecular formula is C26H24F3NO4. The van der Waals surface area contributed by atoms with Crippen LogP contribution in [0.25, 0.3) is 22.1 Å². The van der Waals surface area contributed by atoms with Crippen LogP contribution in [-0.4, -0.2) is 23.0 Å². The van der Waals surface area contributed by atoms with Gasteiger partial charge in [0.15, 0.2) is 0 Å². The Kier molecular flexibility index (Phi) is 6.92. The van der Waals surface area contributed by atoms with Crippen molar-refractivity contribution in [1.82, 2.24) is 0 Å². The van der Waals surface area contributed by atoms with Crippen LogP contribution < -0.4 is 10.5 Å². The van der Waals surface area contributed by atoms with E-state index in [1.54, 1.807) is 42.5 Å². The van der Waals surface area contributed by atoms with Crippen LogP contribution in [0.5, 0.6) is 5.75 Å². The summed E-state index contributed by atoms with van der Waals surface area (Å²) >= 11 is 0. The average molecular weight is 471 g/mol. The topological polar surface area (TPSA) is 88.9 Å². The number of hydrogen-bond acceptors (Lipinski definition) is 5. The molecule has 1 heterocycles. The molecule has 0 spiro atoms. The van der Waals surface area contributed by atoms with Crippen molar-refractivity contribution in [3.05, 3.63) is 89.2 Å². The molecule has 4 N–H and O–H groups in total. The van der Waals surface area contributed by atoms with Crippen molar-refractivity contribution in [2.75, 3.05) is 6.61 Å². The smallest absolute Gasteiger partial charge is 0.421 e. The second-order valence-electron chi connectivity index (χ2n) is 7.87. The van der Waals surface area contributed by atoms with Gasteiger partial charge in [0, 0.05) is 24.1 Å². The monoisotopic (exact) mass is 471 g/mol. The Labute approximate surface area is 194 Å². The van der Waals surface area contributed by atoms with Crippen molar-refractivity contribution >= 4 is 11.0 Å². The molecule has 1 atom stereocenters. The van der Waals surface area contributed by atoms with E-state index in [1.165, 1.54) is 0 Å². The summed E-state index contributed by atoms with van der Waals surface area (Å²) in [5.74, 6) is -0.167. The molecule has 0 radical (unpaired) electrons. The Morgan fingerprint density at radius 2 is 1.74 bits per heavy atom. The number of ether oxygens (including phenoxy) is 1. The van der Waals surface area contributed by atoms with Gasteiger partial charge in [-0.3, -0.25) is 0 Å². The van der Waals surface area contributed by atoms with E-state index < -0.39 is 18.0 Å². The van der Waals surface area contributed by atoms with Crippen LogP contribution in [0.1, 0.15) is 28.6 Å². The number of alkyl halides is 3. The van der Waals surface area contributed by atoms with E-state index in [9.17, 15) is 23.4 Å². The molecular weight excluding hydrogens is 447 g/mol. The Morgan fingerprint density at radius 1 is 0.971 bits per heavy atom. The molecule has 0 saturated carbocycles. The molecule has 178 valence electrons. The summed E-state index contributed by atoms with van der Waals surface area (Å²) in [6.45, 7) is -0.00145. The van der Waals surface area contributed by atoms with E-state index in [4.69, 9.17) is 14.9 Å². The second-order valence-corrected chi connectivity index (χ2v) is 7.87. The molecule has 0 aliphatic heterocycles. The van der Waals surface area contributed by atoms with Gasteiger partial charge in [-0.15, -0.1) is 0 Å². The molecule has 4 rings (SSSR count). The van der Waals surface area contributed by atoms with E-state index in [0.717, 1.165) is 22.3 Å². The molecule has 1 unspecified atom stereocenters. The maximum Gasteiger partial charge on any atom is 0.421 e. The van der Waals surface area contributed by atoms with Crippen molar-refractivity contribution in [2.24, 2.45) is 5.73 Å². The summed E-state index contributed by atoms with van der Waals surface area (Å²) in [6.07, 6.45) is -7.37. The van der Waals surface area contributed by atoms with Crippen molar-refractivity contribution < 1.29 is 32.5 Å². The molecule has 8 heteroatoms. The maximum absolute atomic E-state index is 13.4. The normalized spacial score (nSPS) is 12.8. The lowest BCUT2D eigenvalue weighted by atomic mass is 10.00. The first-order valence-corrected chi connectivity index (χ1v) is 10.7. The molecule has 0 fully saturated rings. The van der Waals surface area contributed by atoms with Crippen LogP contribution >= 0.6 is 0 Å². The summed E-state index contributed by atoms with van der Waals surface area (Å²) in [4.78, 5) is 0. The fourth-order valence-electron chi connectivity index (χ4n) is 3.86. The fraction of sp³-hybridized carbons (Fsp3) is 0.231. The molecule has 0 amide bonds. The van der Waals surface area contributed by atoms with Crippen molar-refractivity contribution in [3.63, 3.8) is 0 Å². The minimum absolute atomic E-state index is 0.0989. The lowest BCUT2D eigenvalue weighted by Gasteiger charge is -2.15. The Bertz CT molecular complexity index is 1280. The fourth-order valence-corrected chi connectivity index (χ4v) is 3.86. The molecule has 0 bridgehead atoms. The molecule has 0 aliphatic carbocycles. The highest BCUT2D eigenvalue weighted by atomic mass is 19.4. The van der Waals surface area contributed by atoms with Crippen LogP contribution in [0.15, 0.2) is 71.1 Å². The SMILES string of the molecule is NCc1cccc(-c2ccc3oc(C(O)C(F)(F)F)c(COc4ccccc4CCO)c3c2)c1. The van der Waals surface area contributed by atoms with Crippen molar-refractivity contribution in [2.45, 2.75) is 31.9 Å². The van der Waals surface area contributed by atoms with Gasteiger partial charge in [-0.25, -0.2) is 0 Å². The number of rotatable bonds is 8. The standard InChI is InChI=1S/C26H24F3NO4/c27-26(28,29)25(32)24-21(15-33-22-7-2-1-5-17(22)10-11-31)20-13-19(8-9-23(20)34-24)18-6-3-4-16(12-18)14-30/h1-9,12-13,25,31-32H,10-11,14-15,30H2. The number of para-hydroxylation sites is 1. The summed E-state index contributed by atoms with van der Waals surface area (Å²) in [7, 11) is 0. The third-order valence-corrected chi connectivity index (χ3v) is 5.60. The van der Waals surface area contributed by atoms with Crippen molar-refractivity contribution in [3.8, 4) is 16.9 Å². The first kappa shape index (κ1) is 23.8. The number of hydrogen-bond donors (Lipinski definition) is 3. The first-order valence-electron chi connectivity index (χ1n) is 10.7. The first-order chi connectivity index (χ1) is 16.3. The lowest BCUT2D eigenvalue weighted by Crippen LogP contribution is -2.21. The largest absolute Gasteiger partial charge is 0.488 e. The number of furan rings is 1. The highest BCUT2D eigenvalue weighted by Gasteiger charge is 2.43. The van der Waals surface area contributed by atoms with E-state index in [0.29, 0.717) is 24.1 Å². The van der Waals surface area contributed by atoms with Gasteiger partial charge in [0.2, 0.25) is 6.10 Å². The predicted molar refractivity (Wildman–Crippen MR) is 122 cm³/mol. The van der Waals surface area contributed by atoms with Gasteiger partial charge in [-0.2, -0.15) is 13.2 Å². The number of nitrogens with two attached hydrogens (primary N) is 1. The number of halogens is 3. The van der Waals surface area contributed by atoms with Crippen LogP contribution in [0, 0.1) is 0 Å². The summed E-state index contributed by atoms with van der Waals surface area (Å²) < 4.78 is 51.6. The summed E-state index contributed by atoms with van der Waals surface area (Å²) in [5, 5.41) is 19.7. The van der Waals surface area contributed by atoms with Gasteiger partial charge < -0.3 is 25.1 Å². The lowest BCUT2D eigenvalue weighted by molar-refractivity contribution is -0.211. The van der Waals surface area contributed by atoms with E-state index in [1.807, 2.05) is 24.3 Å². The molecule has 1 aromatic heterocycles. The Hall–Kier alpha value is -3.33. The van der Waals surface area contributed by atoms with Gasteiger partial charge in [0.25, 0.3) is 0 Å². The molecule has 3 aromatic carbocycles. The third kappa shape index (κ3) is 4.94. The highest BCUT2D eigenvalue weighted by molar-refractivity contribution is 5.87. The van der Waals surface area contributed by atoms with Crippen molar-refractivity contribution in [1.29, 1.82) is 0 Å². The number of benzene rings is 3. The number of aliphatic hydroxyl groups excluding tert-OH is 2. The van der Waals surface area contributed by atoms with Gasteiger partial charge in [0.05, 0.1) is 0 Å². The highest BCUT2D eigenvalue weighted by Crippen LogP contribution is 2.40. The van der Waals surface area contributed by atoms with E-state index in [-0.39, 0.29) is 24.4 Å². The van der Waals surface area contributed by atoms with Crippen LogP contribution in [0.2, 0.25) is 0 Å². The zero-order chi connectivity index (χ0) is 24.3. The molecule has 0 saturated heterocycles. The zero-order valence-corrected chi connectivity index (χ0v) is 18.2. The second kappa shape index (κ2) is 9.89. The summed E-state index contributed by atoms with van der Waals surface area (Å²) in [6, 6.07) is 19.6. The maximum atomic E-state index is 13.4. The average Bonchev–Trinajstić information content (AvgIpc) is 3.20. The van der Waals surface area contributed by atoms with Gasteiger partial charge in [0.1, 0.15) is 23.7 Å². The predicted octanol–water partition coefficient (Wildman–Crippen LogP) is 5.27. The molecule has 0 aliphatic rings. The third-order valence-electron chi connectivity index (χ3n) is 5.60. The van der Waals surface area contributed by atoms with E-state index >= 15 is 0 Å². The number of aliphatic hydroxyl groups is 2. The number of fused-ring (bicyclic) bond motifs is 1. The van der Waals surface area contributed by atoms with Crippen LogP contribution in [-0.2, 0) is 19.6 Å². The quantitative estimate of drug-likeness (QED) is 0.326.